The van der Waals surface area contributed by atoms with Crippen LogP contribution in [0.4, 0.5) is 15.0 Å². The topological polar surface area (TPSA) is 143 Å². The van der Waals surface area contributed by atoms with Gasteiger partial charge in [-0.15, -0.1) is 0 Å². The summed E-state index contributed by atoms with van der Waals surface area (Å²) >= 11 is 0. The van der Waals surface area contributed by atoms with Gasteiger partial charge in [0.1, 0.15) is 11.6 Å². The number of urea groups is 1. The summed E-state index contributed by atoms with van der Waals surface area (Å²) in [6, 6.07) is 6.24. The standard InChI is InChI=1S/C30H43FN8O3/c1-4-5-20(38-17-23-22(16-32)24(23)18-38)14-19-6-7-21(15-25(19)31)39-9-8-26(35-29(39)42)34-28(41)37-12-10-36(11-13-37)27(40)30(2,3)33/h6-9,15,20,22-24H,4-5,10-14,16-18,32-33H2,1-3H3,(H,34,35,41,42)/t20?,22-,23-,24+. The second-order valence-corrected chi connectivity index (χ2v) is 12.5. The van der Waals surface area contributed by atoms with E-state index in [2.05, 4.69) is 22.1 Å². The lowest BCUT2D eigenvalue weighted by Crippen LogP contribution is -2.58. The summed E-state index contributed by atoms with van der Waals surface area (Å²) in [4.78, 5) is 47.6. The number of piperidine rings is 1. The van der Waals surface area contributed by atoms with Crippen LogP contribution in [0.5, 0.6) is 0 Å². The molecule has 5 N–H and O–H groups in total. The minimum Gasteiger partial charge on any atom is -0.338 e. The minimum absolute atomic E-state index is 0.0999. The van der Waals surface area contributed by atoms with Crippen molar-refractivity contribution in [1.82, 2.24) is 24.3 Å². The number of piperazine rings is 1. The maximum absolute atomic E-state index is 15.3. The van der Waals surface area contributed by atoms with E-state index in [-0.39, 0.29) is 23.6 Å². The Hall–Kier alpha value is -3.35. The maximum Gasteiger partial charge on any atom is 0.354 e. The molecule has 1 aliphatic carbocycles. The molecule has 0 radical (unpaired) electrons. The number of nitrogens with two attached hydrogens (primary N) is 2. The van der Waals surface area contributed by atoms with Gasteiger partial charge in [-0.3, -0.25) is 19.6 Å². The fourth-order valence-corrected chi connectivity index (χ4v) is 6.56. The average molecular weight is 583 g/mol. The number of halogens is 1. The number of amides is 3. The van der Waals surface area contributed by atoms with Gasteiger partial charge in [0.2, 0.25) is 5.91 Å². The summed E-state index contributed by atoms with van der Waals surface area (Å²) in [7, 11) is 0. The zero-order valence-electron chi connectivity index (χ0n) is 24.8. The number of aromatic nitrogens is 2. The zero-order chi connectivity index (χ0) is 30.2. The smallest absolute Gasteiger partial charge is 0.338 e. The first kappa shape index (κ1) is 30.1. The largest absolute Gasteiger partial charge is 0.354 e. The summed E-state index contributed by atoms with van der Waals surface area (Å²) in [5.74, 6) is 1.63. The maximum atomic E-state index is 15.3. The normalized spacial score (nSPS) is 23.0. The number of rotatable bonds is 9. The third kappa shape index (κ3) is 6.35. The van der Waals surface area contributed by atoms with Gasteiger partial charge in [0.05, 0.1) is 11.2 Å². The Bertz CT molecular complexity index is 1360. The van der Waals surface area contributed by atoms with Crippen LogP contribution in [0.1, 0.15) is 39.2 Å². The molecule has 3 fully saturated rings. The van der Waals surface area contributed by atoms with E-state index < -0.39 is 17.3 Å². The van der Waals surface area contributed by atoms with E-state index in [1.54, 1.807) is 35.8 Å². The Morgan fingerprint density at radius 3 is 2.36 bits per heavy atom. The first-order valence-corrected chi connectivity index (χ1v) is 15.0. The average Bonchev–Trinajstić information content (AvgIpc) is 3.43. The Morgan fingerprint density at radius 1 is 1.12 bits per heavy atom. The van der Waals surface area contributed by atoms with Gasteiger partial charge in [0.15, 0.2) is 0 Å². The lowest BCUT2D eigenvalue weighted by atomic mass is 9.99. The second-order valence-electron chi connectivity index (χ2n) is 12.5. The van der Waals surface area contributed by atoms with Crippen LogP contribution in [0, 0.1) is 23.6 Å². The summed E-state index contributed by atoms with van der Waals surface area (Å²) in [5, 5.41) is 2.65. The summed E-state index contributed by atoms with van der Waals surface area (Å²) in [6.45, 7) is 9.73. The van der Waals surface area contributed by atoms with E-state index in [0.717, 1.165) is 32.5 Å². The van der Waals surface area contributed by atoms with Gasteiger partial charge in [-0.2, -0.15) is 4.98 Å². The third-order valence-corrected chi connectivity index (χ3v) is 9.02. The second kappa shape index (κ2) is 12.1. The van der Waals surface area contributed by atoms with E-state index in [0.29, 0.717) is 61.6 Å². The minimum atomic E-state index is -0.970. The highest BCUT2D eigenvalue weighted by Crippen LogP contribution is 2.51. The van der Waals surface area contributed by atoms with Gasteiger partial charge in [-0.05, 0) is 74.8 Å². The molecule has 0 bridgehead atoms. The first-order chi connectivity index (χ1) is 20.0. The molecule has 5 rings (SSSR count). The Morgan fingerprint density at radius 2 is 1.79 bits per heavy atom. The highest BCUT2D eigenvalue weighted by molar-refractivity contribution is 5.89. The van der Waals surface area contributed by atoms with E-state index >= 15 is 4.39 Å². The lowest BCUT2D eigenvalue weighted by molar-refractivity contribution is -0.137. The summed E-state index contributed by atoms with van der Waals surface area (Å²) in [6.07, 6.45) is 4.13. The molecule has 12 heteroatoms. The molecular formula is C30H43FN8O3. The van der Waals surface area contributed by atoms with E-state index in [1.165, 1.54) is 22.9 Å². The number of hydrogen-bond donors (Lipinski definition) is 3. The molecule has 2 saturated heterocycles. The molecule has 1 aromatic carbocycles. The number of carbonyl (C=O) groups is 2. The molecule has 4 atom stereocenters. The molecular weight excluding hydrogens is 539 g/mol. The zero-order valence-corrected chi connectivity index (χ0v) is 24.8. The van der Waals surface area contributed by atoms with E-state index in [9.17, 15) is 14.4 Å². The van der Waals surface area contributed by atoms with Crippen molar-refractivity contribution in [3.8, 4) is 5.69 Å². The number of anilines is 1. The van der Waals surface area contributed by atoms with Crippen molar-refractivity contribution >= 4 is 17.8 Å². The molecule has 2 aromatic rings. The highest BCUT2D eigenvalue weighted by atomic mass is 19.1. The van der Waals surface area contributed by atoms with Crippen molar-refractivity contribution in [3.63, 3.8) is 0 Å². The predicted molar refractivity (Wildman–Crippen MR) is 159 cm³/mol. The van der Waals surface area contributed by atoms with Crippen LogP contribution in [0.25, 0.3) is 5.69 Å². The fraction of sp³-hybridized carbons (Fsp3) is 0.600. The molecule has 3 heterocycles. The van der Waals surface area contributed by atoms with Crippen LogP contribution >= 0.6 is 0 Å². The summed E-state index contributed by atoms with van der Waals surface area (Å²) in [5.41, 5.74) is 11.2. The van der Waals surface area contributed by atoms with E-state index in [1.807, 2.05) is 0 Å². The quantitative estimate of drug-likeness (QED) is 0.408. The molecule has 3 aliphatic rings. The number of likely N-dealkylation sites (tertiary alicyclic amines) is 1. The van der Waals surface area contributed by atoms with Crippen molar-refractivity contribution in [2.75, 3.05) is 51.1 Å². The number of benzene rings is 1. The van der Waals surface area contributed by atoms with Crippen molar-refractivity contribution in [2.45, 2.75) is 51.6 Å². The van der Waals surface area contributed by atoms with Crippen molar-refractivity contribution < 1.29 is 14.0 Å². The van der Waals surface area contributed by atoms with Crippen molar-refractivity contribution in [3.05, 3.63) is 52.3 Å². The molecule has 42 heavy (non-hydrogen) atoms. The van der Waals surface area contributed by atoms with Crippen LogP contribution < -0.4 is 22.5 Å². The van der Waals surface area contributed by atoms with Crippen LogP contribution in [0.2, 0.25) is 0 Å². The Labute approximate surface area is 246 Å². The lowest BCUT2D eigenvalue weighted by Gasteiger charge is -2.37. The monoisotopic (exact) mass is 582 g/mol. The molecule has 0 spiro atoms. The van der Waals surface area contributed by atoms with Gasteiger partial charge in [0.25, 0.3) is 0 Å². The molecule has 1 unspecified atom stereocenters. The van der Waals surface area contributed by atoms with Gasteiger partial charge >= 0.3 is 11.7 Å². The molecule has 1 saturated carbocycles. The van der Waals surface area contributed by atoms with Crippen LogP contribution in [-0.4, -0.2) is 93.6 Å². The number of nitrogens with one attached hydrogen (secondary N) is 1. The van der Waals surface area contributed by atoms with Gasteiger partial charge in [0, 0.05) is 51.5 Å². The van der Waals surface area contributed by atoms with Crippen LogP contribution in [0.3, 0.4) is 0 Å². The number of fused-ring (bicyclic) bond motifs is 1. The molecule has 3 amide bonds. The van der Waals surface area contributed by atoms with Gasteiger partial charge in [-0.1, -0.05) is 19.4 Å². The van der Waals surface area contributed by atoms with Gasteiger partial charge in [-0.25, -0.2) is 14.0 Å². The molecule has 2 aliphatic heterocycles. The Kier molecular flexibility index (Phi) is 8.68. The van der Waals surface area contributed by atoms with Crippen LogP contribution in [-0.2, 0) is 11.2 Å². The SMILES string of the molecule is CCCC(Cc1ccc(-n2ccc(NC(=O)N3CCN(C(=O)C(C)(C)N)CC3)nc2=O)cc1F)N1C[C@@H]2[C@@H](CN)[C@@H]2C1. The van der Waals surface area contributed by atoms with Gasteiger partial charge < -0.3 is 21.3 Å². The van der Waals surface area contributed by atoms with Crippen LogP contribution in [0.15, 0.2) is 35.3 Å². The number of nitrogens with zero attached hydrogens (tertiary/aromatic N) is 5. The highest BCUT2D eigenvalue weighted by Gasteiger charge is 2.55. The fourth-order valence-electron chi connectivity index (χ4n) is 6.56. The Balaban J connectivity index is 1.19. The number of carbonyl (C=O) groups excluding carboxylic acids is 2. The molecule has 11 nitrogen and oxygen atoms in total. The summed E-state index contributed by atoms with van der Waals surface area (Å²) < 4.78 is 16.5. The third-order valence-electron chi connectivity index (χ3n) is 9.02. The first-order valence-electron chi connectivity index (χ1n) is 15.0. The molecule has 1 aromatic heterocycles. The van der Waals surface area contributed by atoms with E-state index in [4.69, 9.17) is 11.5 Å². The predicted octanol–water partition coefficient (Wildman–Crippen LogP) is 1.63. The van der Waals surface area contributed by atoms with Crippen molar-refractivity contribution in [2.24, 2.45) is 29.2 Å². The molecule has 228 valence electrons. The van der Waals surface area contributed by atoms with Crippen molar-refractivity contribution in [1.29, 1.82) is 0 Å². The number of hydrogen-bond acceptors (Lipinski definition) is 7.